The maximum absolute atomic E-state index is 6.15. The summed E-state index contributed by atoms with van der Waals surface area (Å²) < 4.78 is 6.78. The molecule has 0 unspecified atom stereocenters. The van der Waals surface area contributed by atoms with Gasteiger partial charge < -0.3 is 10.1 Å². The number of tetrazole rings is 1. The molecular weight excluding hydrogens is 349 g/mol. The van der Waals surface area contributed by atoms with E-state index in [1.54, 1.807) is 54.4 Å². The standard InChI is InChI=1S/C16H13Cl2N5O/c1-24-13-6-7-14(18)15(10-13)19-9-8-16-20-21-22-23(16)12-4-2-11(17)3-5-12/h2-10,19H,1H3/b9-8+. The van der Waals surface area contributed by atoms with Gasteiger partial charge in [0.1, 0.15) is 5.75 Å². The van der Waals surface area contributed by atoms with Crippen LogP contribution in [0, 0.1) is 0 Å². The van der Waals surface area contributed by atoms with Gasteiger partial charge in [0, 0.05) is 23.4 Å². The van der Waals surface area contributed by atoms with Crippen LogP contribution >= 0.6 is 23.2 Å². The molecule has 6 nitrogen and oxygen atoms in total. The van der Waals surface area contributed by atoms with Crippen LogP contribution in [0.3, 0.4) is 0 Å². The van der Waals surface area contributed by atoms with E-state index >= 15 is 0 Å². The van der Waals surface area contributed by atoms with Gasteiger partial charge in [0.2, 0.25) is 0 Å². The second kappa shape index (κ2) is 7.33. The first-order valence-corrected chi connectivity index (χ1v) is 7.74. The lowest BCUT2D eigenvalue weighted by molar-refractivity contribution is 0.415. The molecule has 0 amide bonds. The molecule has 0 saturated heterocycles. The number of rotatable bonds is 5. The molecule has 3 aromatic rings. The molecule has 0 fully saturated rings. The summed E-state index contributed by atoms with van der Waals surface area (Å²) >= 11 is 12.0. The molecule has 24 heavy (non-hydrogen) atoms. The fraction of sp³-hybridized carbons (Fsp3) is 0.0625. The molecule has 3 rings (SSSR count). The average molecular weight is 362 g/mol. The van der Waals surface area contributed by atoms with Gasteiger partial charge in [-0.25, -0.2) is 0 Å². The Morgan fingerprint density at radius 2 is 1.92 bits per heavy atom. The summed E-state index contributed by atoms with van der Waals surface area (Å²) in [4.78, 5) is 0. The molecule has 1 aromatic heterocycles. The van der Waals surface area contributed by atoms with Crippen molar-refractivity contribution in [2.45, 2.75) is 0 Å². The number of benzene rings is 2. The third kappa shape index (κ3) is 3.67. The Morgan fingerprint density at radius 1 is 1.12 bits per heavy atom. The zero-order chi connectivity index (χ0) is 16.9. The van der Waals surface area contributed by atoms with Crippen molar-refractivity contribution in [2.24, 2.45) is 0 Å². The predicted octanol–water partition coefficient (Wildman–Crippen LogP) is 4.06. The number of halogens is 2. The number of hydrogen-bond donors (Lipinski definition) is 1. The van der Waals surface area contributed by atoms with Gasteiger partial charge in [-0.1, -0.05) is 23.2 Å². The SMILES string of the molecule is COc1ccc(Cl)c(N/C=C/c2nnnn2-c2ccc(Cl)cc2)c1. The normalized spacial score (nSPS) is 11.0. The van der Waals surface area contributed by atoms with E-state index in [4.69, 9.17) is 27.9 Å². The zero-order valence-electron chi connectivity index (χ0n) is 12.6. The third-order valence-electron chi connectivity index (χ3n) is 3.21. The number of aromatic nitrogens is 4. The molecule has 0 aliphatic heterocycles. The van der Waals surface area contributed by atoms with Crippen LogP contribution in [0.2, 0.25) is 10.0 Å². The van der Waals surface area contributed by atoms with Crippen LogP contribution in [0.4, 0.5) is 5.69 Å². The average Bonchev–Trinajstić information content (AvgIpc) is 3.06. The number of anilines is 1. The summed E-state index contributed by atoms with van der Waals surface area (Å²) in [6.45, 7) is 0. The van der Waals surface area contributed by atoms with E-state index in [2.05, 4.69) is 20.8 Å². The largest absolute Gasteiger partial charge is 0.497 e. The Morgan fingerprint density at radius 3 is 2.67 bits per heavy atom. The van der Waals surface area contributed by atoms with Gasteiger partial charge in [-0.3, -0.25) is 0 Å². The van der Waals surface area contributed by atoms with Crippen molar-refractivity contribution in [3.05, 3.63) is 64.5 Å². The third-order valence-corrected chi connectivity index (χ3v) is 3.79. The molecule has 0 aliphatic carbocycles. The molecular formula is C16H13Cl2N5O. The molecule has 8 heteroatoms. The summed E-state index contributed by atoms with van der Waals surface area (Å²) in [6.07, 6.45) is 3.45. The van der Waals surface area contributed by atoms with Crippen molar-refractivity contribution in [3.8, 4) is 11.4 Å². The summed E-state index contributed by atoms with van der Waals surface area (Å²) in [7, 11) is 1.60. The van der Waals surface area contributed by atoms with Gasteiger partial charge in [-0.15, -0.1) is 5.10 Å². The van der Waals surface area contributed by atoms with Crippen LogP contribution < -0.4 is 10.1 Å². The minimum Gasteiger partial charge on any atom is -0.497 e. The van der Waals surface area contributed by atoms with E-state index in [9.17, 15) is 0 Å². The number of ether oxygens (including phenoxy) is 1. The summed E-state index contributed by atoms with van der Waals surface area (Å²) in [5.41, 5.74) is 1.53. The van der Waals surface area contributed by atoms with E-state index in [1.807, 2.05) is 12.1 Å². The number of nitrogens with zero attached hydrogens (tertiary/aromatic N) is 4. The van der Waals surface area contributed by atoms with Gasteiger partial charge in [0.15, 0.2) is 5.82 Å². The fourth-order valence-corrected chi connectivity index (χ4v) is 2.31. The first-order valence-electron chi connectivity index (χ1n) is 6.98. The molecule has 122 valence electrons. The highest BCUT2D eigenvalue weighted by molar-refractivity contribution is 6.33. The Balaban J connectivity index is 1.79. The lowest BCUT2D eigenvalue weighted by Crippen LogP contribution is -1.99. The van der Waals surface area contributed by atoms with Gasteiger partial charge in [-0.2, -0.15) is 4.68 Å². The summed E-state index contributed by atoms with van der Waals surface area (Å²) in [5, 5.41) is 16.0. The van der Waals surface area contributed by atoms with E-state index in [0.29, 0.717) is 21.6 Å². The van der Waals surface area contributed by atoms with Crippen LogP contribution in [0.15, 0.2) is 48.7 Å². The number of nitrogens with one attached hydrogen (secondary N) is 1. The lowest BCUT2D eigenvalue weighted by Gasteiger charge is -2.06. The molecule has 1 heterocycles. The second-order valence-corrected chi connectivity index (χ2v) is 5.59. The van der Waals surface area contributed by atoms with Crippen molar-refractivity contribution in [3.63, 3.8) is 0 Å². The molecule has 0 saturated carbocycles. The maximum atomic E-state index is 6.15. The smallest absolute Gasteiger partial charge is 0.181 e. The van der Waals surface area contributed by atoms with E-state index in [1.165, 1.54) is 0 Å². The fourth-order valence-electron chi connectivity index (χ4n) is 2.01. The molecule has 1 N–H and O–H groups in total. The topological polar surface area (TPSA) is 64.9 Å². The minimum atomic E-state index is 0.559. The highest BCUT2D eigenvalue weighted by atomic mass is 35.5. The van der Waals surface area contributed by atoms with Crippen molar-refractivity contribution in [2.75, 3.05) is 12.4 Å². The van der Waals surface area contributed by atoms with E-state index in [0.717, 1.165) is 11.4 Å². The maximum Gasteiger partial charge on any atom is 0.181 e. The van der Waals surface area contributed by atoms with Gasteiger partial charge in [-0.05, 0) is 46.8 Å². The molecule has 0 radical (unpaired) electrons. The van der Waals surface area contributed by atoms with Gasteiger partial charge in [0.25, 0.3) is 0 Å². The van der Waals surface area contributed by atoms with Crippen molar-refractivity contribution in [1.82, 2.24) is 20.2 Å². The van der Waals surface area contributed by atoms with Crippen LogP contribution in [0.1, 0.15) is 5.82 Å². The highest BCUT2D eigenvalue weighted by Gasteiger charge is 2.05. The Kier molecular flexibility index (Phi) is 4.98. The van der Waals surface area contributed by atoms with E-state index < -0.39 is 0 Å². The molecule has 2 aromatic carbocycles. The quantitative estimate of drug-likeness (QED) is 0.742. The predicted molar refractivity (Wildman–Crippen MR) is 94.8 cm³/mol. The summed E-state index contributed by atoms with van der Waals surface area (Å²) in [5.74, 6) is 1.27. The van der Waals surface area contributed by atoms with Crippen molar-refractivity contribution < 1.29 is 4.74 Å². The van der Waals surface area contributed by atoms with Crippen LogP contribution in [-0.2, 0) is 0 Å². The number of methoxy groups -OCH3 is 1. The van der Waals surface area contributed by atoms with Gasteiger partial charge in [0.05, 0.1) is 23.5 Å². The second-order valence-electron chi connectivity index (χ2n) is 4.75. The van der Waals surface area contributed by atoms with Crippen molar-refractivity contribution >= 4 is 35.0 Å². The molecule has 0 aliphatic rings. The van der Waals surface area contributed by atoms with Crippen LogP contribution in [-0.4, -0.2) is 27.3 Å². The monoisotopic (exact) mass is 361 g/mol. The van der Waals surface area contributed by atoms with Crippen LogP contribution in [0.25, 0.3) is 11.8 Å². The van der Waals surface area contributed by atoms with Crippen molar-refractivity contribution in [1.29, 1.82) is 0 Å². The lowest BCUT2D eigenvalue weighted by atomic mass is 10.3. The van der Waals surface area contributed by atoms with Gasteiger partial charge >= 0.3 is 0 Å². The Labute approximate surface area is 148 Å². The summed E-state index contributed by atoms with van der Waals surface area (Å²) in [6, 6.07) is 12.6. The molecule has 0 spiro atoms. The highest BCUT2D eigenvalue weighted by Crippen LogP contribution is 2.26. The molecule has 0 bridgehead atoms. The van der Waals surface area contributed by atoms with Crippen LogP contribution in [0.5, 0.6) is 5.75 Å². The van der Waals surface area contributed by atoms with E-state index in [-0.39, 0.29) is 0 Å². The zero-order valence-corrected chi connectivity index (χ0v) is 14.2. The number of hydrogen-bond acceptors (Lipinski definition) is 5. The first kappa shape index (κ1) is 16.3. The minimum absolute atomic E-state index is 0.559. The first-order chi connectivity index (χ1) is 11.7. The Bertz CT molecular complexity index is 861. The molecule has 0 atom stereocenters. The Hall–Kier alpha value is -2.57.